The normalized spacial score (nSPS) is 25.9. The molecule has 22 heavy (non-hydrogen) atoms. The summed E-state index contributed by atoms with van der Waals surface area (Å²) in [6, 6.07) is 0. The molecular weight excluding hydrogens is 264 g/mol. The van der Waals surface area contributed by atoms with Crippen LogP contribution in [0.3, 0.4) is 0 Å². The summed E-state index contributed by atoms with van der Waals surface area (Å²) in [7, 11) is 0. The quantitative estimate of drug-likeness (QED) is 0.507. The van der Waals surface area contributed by atoms with Crippen molar-refractivity contribution < 1.29 is 0 Å². The predicted octanol–water partition coefficient (Wildman–Crippen LogP) is 7.47. The van der Waals surface area contributed by atoms with E-state index in [-0.39, 0.29) is 0 Å². The molecule has 0 saturated heterocycles. The minimum Gasteiger partial charge on any atom is -0.0599 e. The van der Waals surface area contributed by atoms with Crippen molar-refractivity contribution in [3.8, 4) is 0 Å². The third-order valence-electron chi connectivity index (χ3n) is 6.70. The Morgan fingerprint density at radius 2 is 0.773 bits per heavy atom. The molecule has 2 rings (SSSR count). The molecule has 0 aliphatic heterocycles. The first-order valence-electron chi connectivity index (χ1n) is 10.2. The smallest absolute Gasteiger partial charge is 0.0301 e. The highest BCUT2D eigenvalue weighted by atomic mass is 14.5. The molecule has 0 aromatic heterocycles. The second-order valence-electron chi connectivity index (χ2n) is 10.6. The van der Waals surface area contributed by atoms with Crippen LogP contribution in [-0.4, -0.2) is 0 Å². The summed E-state index contributed by atoms with van der Waals surface area (Å²) < 4.78 is 0. The fourth-order valence-electron chi connectivity index (χ4n) is 6.06. The molecule has 2 aliphatic rings. The minimum atomic E-state index is 0.456. The van der Waals surface area contributed by atoms with E-state index in [9.17, 15) is 0 Å². The van der Waals surface area contributed by atoms with Crippen molar-refractivity contribution in [2.75, 3.05) is 0 Å². The number of rotatable bonds is 3. The van der Waals surface area contributed by atoms with Gasteiger partial charge in [-0.2, -0.15) is 0 Å². The highest BCUT2D eigenvalue weighted by Crippen LogP contribution is 2.54. The van der Waals surface area contributed by atoms with Gasteiger partial charge in [-0.05, 0) is 34.5 Å². The average Bonchev–Trinajstić information content (AvgIpc) is 2.44. The maximum absolute atomic E-state index is 2.54. The Hall–Kier alpha value is 0. The van der Waals surface area contributed by atoms with Gasteiger partial charge in [0.15, 0.2) is 0 Å². The van der Waals surface area contributed by atoms with Crippen LogP contribution in [0.4, 0.5) is 0 Å². The Morgan fingerprint density at radius 3 is 1.00 bits per heavy atom. The van der Waals surface area contributed by atoms with Crippen LogP contribution < -0.4 is 0 Å². The molecule has 0 amide bonds. The van der Waals surface area contributed by atoms with E-state index in [4.69, 9.17) is 0 Å². The molecule has 2 fully saturated rings. The highest BCUT2D eigenvalue weighted by molar-refractivity contribution is 4.95. The van der Waals surface area contributed by atoms with E-state index in [1.165, 1.54) is 64.2 Å². The molecule has 0 spiro atoms. The van der Waals surface area contributed by atoms with E-state index in [0.29, 0.717) is 10.8 Å². The fraction of sp³-hybridized carbons (Fsp3) is 1.00. The van der Waals surface area contributed by atoms with Crippen LogP contribution in [0, 0.1) is 34.5 Å². The molecular formula is C22H42. The molecule has 2 saturated carbocycles. The third kappa shape index (κ3) is 4.51. The summed E-state index contributed by atoms with van der Waals surface area (Å²) in [6.45, 7) is 15.2. The Bertz CT molecular complexity index is 281. The van der Waals surface area contributed by atoms with E-state index < -0.39 is 0 Å². The van der Waals surface area contributed by atoms with Gasteiger partial charge in [-0.25, -0.2) is 0 Å². The summed E-state index contributed by atoms with van der Waals surface area (Å²) in [5.41, 5.74) is 0.912. The molecule has 0 unspecified atom stereocenters. The standard InChI is InChI=1S/C22H42/c1-21(2,3)19(17-13-9-7-10-14-17)20(22(4,5)6)18-15-11-8-12-16-18/h17-20H,7-16H2,1-6H3/t19-,20-/m1/s1. The molecule has 0 aromatic carbocycles. The third-order valence-corrected chi connectivity index (χ3v) is 6.70. The van der Waals surface area contributed by atoms with Crippen molar-refractivity contribution in [1.29, 1.82) is 0 Å². The van der Waals surface area contributed by atoms with Crippen molar-refractivity contribution in [2.24, 2.45) is 34.5 Å². The van der Waals surface area contributed by atoms with Gasteiger partial charge in [0.2, 0.25) is 0 Å². The summed E-state index contributed by atoms with van der Waals surface area (Å²) >= 11 is 0. The van der Waals surface area contributed by atoms with Crippen molar-refractivity contribution >= 4 is 0 Å². The lowest BCUT2D eigenvalue weighted by atomic mass is 9.53. The first-order valence-corrected chi connectivity index (χ1v) is 10.2. The summed E-state index contributed by atoms with van der Waals surface area (Å²) in [5, 5.41) is 0. The molecule has 0 nitrogen and oxygen atoms in total. The maximum atomic E-state index is 2.54. The van der Waals surface area contributed by atoms with Gasteiger partial charge in [-0.15, -0.1) is 0 Å². The lowest BCUT2D eigenvalue weighted by Gasteiger charge is -2.52. The second-order valence-corrected chi connectivity index (χ2v) is 10.6. The van der Waals surface area contributed by atoms with Gasteiger partial charge >= 0.3 is 0 Å². The highest BCUT2D eigenvalue weighted by Gasteiger charge is 2.46. The average molecular weight is 307 g/mol. The lowest BCUT2D eigenvalue weighted by molar-refractivity contribution is -0.0331. The molecule has 0 bridgehead atoms. The molecule has 0 heteroatoms. The van der Waals surface area contributed by atoms with Gasteiger partial charge in [-0.1, -0.05) is 106 Å². The monoisotopic (exact) mass is 306 g/mol. The zero-order valence-corrected chi connectivity index (χ0v) is 16.4. The van der Waals surface area contributed by atoms with Crippen LogP contribution in [0.1, 0.15) is 106 Å². The van der Waals surface area contributed by atoms with E-state index in [1.54, 1.807) is 0 Å². The van der Waals surface area contributed by atoms with Crippen LogP contribution >= 0.6 is 0 Å². The van der Waals surface area contributed by atoms with Gasteiger partial charge in [0.1, 0.15) is 0 Å². The Balaban J connectivity index is 2.29. The van der Waals surface area contributed by atoms with Crippen molar-refractivity contribution in [2.45, 2.75) is 106 Å². The molecule has 130 valence electrons. The molecule has 0 aromatic rings. The first kappa shape index (κ1) is 18.3. The van der Waals surface area contributed by atoms with E-state index in [0.717, 1.165) is 23.7 Å². The Morgan fingerprint density at radius 1 is 0.500 bits per heavy atom. The van der Waals surface area contributed by atoms with E-state index in [2.05, 4.69) is 41.5 Å². The first-order chi connectivity index (χ1) is 10.2. The molecule has 0 radical (unpaired) electrons. The van der Waals surface area contributed by atoms with Gasteiger partial charge in [0, 0.05) is 0 Å². The largest absolute Gasteiger partial charge is 0.0599 e. The fourth-order valence-corrected chi connectivity index (χ4v) is 6.06. The van der Waals surface area contributed by atoms with Crippen molar-refractivity contribution in [3.05, 3.63) is 0 Å². The van der Waals surface area contributed by atoms with Gasteiger partial charge in [0.05, 0.1) is 0 Å². The summed E-state index contributed by atoms with van der Waals surface area (Å²) in [6.07, 6.45) is 14.9. The van der Waals surface area contributed by atoms with Gasteiger partial charge in [-0.3, -0.25) is 0 Å². The molecule has 0 heterocycles. The van der Waals surface area contributed by atoms with Crippen LogP contribution in [0.15, 0.2) is 0 Å². The minimum absolute atomic E-state index is 0.456. The van der Waals surface area contributed by atoms with Crippen LogP contribution in [0.2, 0.25) is 0 Å². The molecule has 2 atom stereocenters. The second kappa shape index (κ2) is 7.27. The summed E-state index contributed by atoms with van der Waals surface area (Å²) in [4.78, 5) is 0. The predicted molar refractivity (Wildman–Crippen MR) is 99.0 cm³/mol. The number of hydrogen-bond acceptors (Lipinski definition) is 0. The van der Waals surface area contributed by atoms with Gasteiger partial charge in [0.25, 0.3) is 0 Å². The van der Waals surface area contributed by atoms with Crippen LogP contribution in [0.25, 0.3) is 0 Å². The van der Waals surface area contributed by atoms with Crippen LogP contribution in [-0.2, 0) is 0 Å². The Kier molecular flexibility index (Phi) is 6.06. The maximum Gasteiger partial charge on any atom is -0.0301 e. The van der Waals surface area contributed by atoms with Gasteiger partial charge < -0.3 is 0 Å². The molecule has 0 N–H and O–H groups in total. The lowest BCUT2D eigenvalue weighted by Crippen LogP contribution is -2.45. The van der Waals surface area contributed by atoms with E-state index in [1.807, 2.05) is 0 Å². The van der Waals surface area contributed by atoms with E-state index >= 15 is 0 Å². The van der Waals surface area contributed by atoms with Crippen LogP contribution in [0.5, 0.6) is 0 Å². The Labute approximate surface area is 140 Å². The molecule has 2 aliphatic carbocycles. The zero-order valence-electron chi connectivity index (χ0n) is 16.4. The van der Waals surface area contributed by atoms with Crippen molar-refractivity contribution in [3.63, 3.8) is 0 Å². The number of hydrogen-bond donors (Lipinski definition) is 0. The topological polar surface area (TPSA) is 0 Å². The SMILES string of the molecule is CC(C)(C)[C@H](C1CCCCC1)[C@@H](C1CCCCC1)C(C)(C)C. The zero-order chi connectivity index (χ0) is 16.4. The van der Waals surface area contributed by atoms with Crippen molar-refractivity contribution in [1.82, 2.24) is 0 Å². The summed E-state index contributed by atoms with van der Waals surface area (Å²) in [5.74, 6) is 3.80.